The molecular formula is C14H11BrN2O4. The summed E-state index contributed by atoms with van der Waals surface area (Å²) in [6.45, 7) is 0.297. The third-order valence-corrected chi connectivity index (χ3v) is 3.51. The Morgan fingerprint density at radius 2 is 2.24 bits per heavy atom. The molecule has 108 valence electrons. The molecule has 2 heterocycles. The van der Waals surface area contributed by atoms with E-state index in [4.69, 9.17) is 13.6 Å². The van der Waals surface area contributed by atoms with Crippen molar-refractivity contribution in [1.29, 1.82) is 0 Å². The summed E-state index contributed by atoms with van der Waals surface area (Å²) in [5.74, 6) is 0.773. The molecule has 0 aliphatic heterocycles. The van der Waals surface area contributed by atoms with Crippen LogP contribution in [0.25, 0.3) is 11.7 Å². The largest absolute Gasteiger partial charge is 0.496 e. The fourth-order valence-electron chi connectivity index (χ4n) is 1.89. The van der Waals surface area contributed by atoms with Crippen LogP contribution in [0, 0.1) is 0 Å². The maximum Gasteiger partial charge on any atom is 0.437 e. The number of hydrogen-bond acceptors (Lipinski definition) is 5. The molecule has 0 N–H and O–H groups in total. The fraction of sp³-hybridized carbons (Fsp3) is 0.143. The number of benzene rings is 1. The Morgan fingerprint density at radius 1 is 1.38 bits per heavy atom. The monoisotopic (exact) mass is 350 g/mol. The lowest BCUT2D eigenvalue weighted by molar-refractivity contribution is 0.412. The molecule has 0 bridgehead atoms. The van der Waals surface area contributed by atoms with E-state index < -0.39 is 5.76 Å². The first-order valence-electron chi connectivity index (χ1n) is 6.11. The van der Waals surface area contributed by atoms with E-state index in [1.54, 1.807) is 19.2 Å². The Kier molecular flexibility index (Phi) is 3.66. The molecule has 0 atom stereocenters. The molecule has 7 heteroatoms. The normalized spacial score (nSPS) is 10.8. The summed E-state index contributed by atoms with van der Waals surface area (Å²) in [5, 5.41) is 4.12. The predicted molar refractivity (Wildman–Crippen MR) is 78.3 cm³/mol. The fourth-order valence-corrected chi connectivity index (χ4v) is 2.48. The standard InChI is InChI=1S/C14H11BrN2O4/c1-19-11-5-4-9(7-10(11)15)8-17-14(18)21-13(16-17)12-3-2-6-20-12/h2-7H,8H2,1H3. The molecule has 2 aromatic heterocycles. The van der Waals surface area contributed by atoms with Gasteiger partial charge >= 0.3 is 5.76 Å². The summed E-state index contributed by atoms with van der Waals surface area (Å²) in [6.07, 6.45) is 1.49. The summed E-state index contributed by atoms with van der Waals surface area (Å²) in [6, 6.07) is 8.93. The smallest absolute Gasteiger partial charge is 0.437 e. The molecule has 0 spiro atoms. The van der Waals surface area contributed by atoms with Crippen molar-refractivity contribution in [2.45, 2.75) is 6.54 Å². The molecule has 3 aromatic rings. The number of hydrogen-bond donors (Lipinski definition) is 0. The maximum absolute atomic E-state index is 11.8. The van der Waals surface area contributed by atoms with E-state index in [2.05, 4.69) is 21.0 Å². The number of methoxy groups -OCH3 is 1. The van der Waals surface area contributed by atoms with Crippen LogP contribution in [0.4, 0.5) is 0 Å². The van der Waals surface area contributed by atoms with E-state index in [0.717, 1.165) is 15.8 Å². The molecule has 0 unspecified atom stereocenters. The third kappa shape index (κ3) is 2.78. The van der Waals surface area contributed by atoms with Crippen molar-refractivity contribution < 1.29 is 13.6 Å². The SMILES string of the molecule is COc1ccc(Cn2nc(-c3ccco3)oc2=O)cc1Br. The minimum absolute atomic E-state index is 0.164. The van der Waals surface area contributed by atoms with Crippen LogP contribution in [-0.2, 0) is 6.54 Å². The van der Waals surface area contributed by atoms with Gasteiger partial charge in [0.25, 0.3) is 5.89 Å². The highest BCUT2D eigenvalue weighted by molar-refractivity contribution is 9.10. The van der Waals surface area contributed by atoms with Gasteiger partial charge < -0.3 is 13.6 Å². The number of halogens is 1. The lowest BCUT2D eigenvalue weighted by atomic mass is 10.2. The van der Waals surface area contributed by atoms with Gasteiger partial charge in [0, 0.05) is 0 Å². The van der Waals surface area contributed by atoms with Crippen LogP contribution in [0.5, 0.6) is 5.75 Å². The van der Waals surface area contributed by atoms with E-state index in [-0.39, 0.29) is 5.89 Å². The number of furan rings is 1. The Bertz CT molecular complexity index is 805. The number of rotatable bonds is 4. The molecule has 0 fully saturated rings. The molecule has 21 heavy (non-hydrogen) atoms. The zero-order valence-corrected chi connectivity index (χ0v) is 12.7. The average Bonchev–Trinajstić information content (AvgIpc) is 3.10. The molecule has 0 amide bonds. The average molecular weight is 351 g/mol. The minimum Gasteiger partial charge on any atom is -0.496 e. The van der Waals surface area contributed by atoms with Gasteiger partial charge in [-0.15, -0.1) is 5.10 Å². The van der Waals surface area contributed by atoms with Gasteiger partial charge in [-0.05, 0) is 45.8 Å². The van der Waals surface area contributed by atoms with E-state index in [1.165, 1.54) is 10.9 Å². The second-order valence-corrected chi connectivity index (χ2v) is 5.13. The number of aromatic nitrogens is 2. The Morgan fingerprint density at radius 3 is 2.90 bits per heavy atom. The second-order valence-electron chi connectivity index (χ2n) is 4.28. The van der Waals surface area contributed by atoms with E-state index in [9.17, 15) is 4.79 Å². The topological polar surface area (TPSA) is 70.4 Å². The molecule has 6 nitrogen and oxygen atoms in total. The molecule has 0 radical (unpaired) electrons. The first-order valence-corrected chi connectivity index (χ1v) is 6.91. The minimum atomic E-state index is -0.534. The molecule has 0 saturated carbocycles. The van der Waals surface area contributed by atoms with Crippen LogP contribution in [0.15, 0.2) is 54.7 Å². The van der Waals surface area contributed by atoms with Gasteiger partial charge in [0.2, 0.25) is 0 Å². The van der Waals surface area contributed by atoms with Crippen molar-refractivity contribution >= 4 is 15.9 Å². The van der Waals surface area contributed by atoms with E-state index in [0.29, 0.717) is 12.3 Å². The summed E-state index contributed by atoms with van der Waals surface area (Å²) >= 11 is 3.40. The quantitative estimate of drug-likeness (QED) is 0.723. The van der Waals surface area contributed by atoms with Crippen molar-refractivity contribution in [3.63, 3.8) is 0 Å². The molecule has 0 aliphatic carbocycles. The second kappa shape index (κ2) is 5.61. The predicted octanol–water partition coefficient (Wildman–Crippen LogP) is 2.92. The van der Waals surface area contributed by atoms with Crippen molar-refractivity contribution in [2.75, 3.05) is 7.11 Å². The van der Waals surface area contributed by atoms with Gasteiger partial charge in [-0.2, -0.15) is 4.68 Å². The first kappa shape index (κ1) is 13.7. The number of ether oxygens (including phenoxy) is 1. The number of nitrogens with zero attached hydrogens (tertiary/aromatic N) is 2. The first-order chi connectivity index (χ1) is 10.2. The maximum atomic E-state index is 11.8. The van der Waals surface area contributed by atoms with Gasteiger partial charge in [0.1, 0.15) is 5.75 Å². The zero-order chi connectivity index (χ0) is 14.8. The van der Waals surface area contributed by atoms with Gasteiger partial charge in [0.05, 0.1) is 24.4 Å². The van der Waals surface area contributed by atoms with Gasteiger partial charge in [-0.25, -0.2) is 4.79 Å². The van der Waals surface area contributed by atoms with Crippen molar-refractivity contribution in [3.8, 4) is 17.4 Å². The highest BCUT2D eigenvalue weighted by atomic mass is 79.9. The summed E-state index contributed by atoms with van der Waals surface area (Å²) in [4.78, 5) is 11.8. The van der Waals surface area contributed by atoms with Gasteiger partial charge in [-0.1, -0.05) is 6.07 Å². The van der Waals surface area contributed by atoms with Crippen LogP contribution >= 0.6 is 15.9 Å². The van der Waals surface area contributed by atoms with Crippen molar-refractivity contribution in [1.82, 2.24) is 9.78 Å². The van der Waals surface area contributed by atoms with Crippen LogP contribution < -0.4 is 10.5 Å². The van der Waals surface area contributed by atoms with Gasteiger partial charge in [0.15, 0.2) is 5.76 Å². The van der Waals surface area contributed by atoms with Gasteiger partial charge in [-0.3, -0.25) is 0 Å². The molecule has 0 aliphatic rings. The van der Waals surface area contributed by atoms with Crippen LogP contribution in [-0.4, -0.2) is 16.9 Å². The lowest BCUT2D eigenvalue weighted by Gasteiger charge is -2.05. The third-order valence-electron chi connectivity index (χ3n) is 2.89. The van der Waals surface area contributed by atoms with Crippen LogP contribution in [0.1, 0.15) is 5.56 Å². The van der Waals surface area contributed by atoms with Crippen LogP contribution in [0.3, 0.4) is 0 Å². The van der Waals surface area contributed by atoms with E-state index in [1.807, 2.05) is 18.2 Å². The molecule has 0 saturated heterocycles. The molecule has 1 aromatic carbocycles. The highest BCUT2D eigenvalue weighted by Crippen LogP contribution is 2.25. The molecular weight excluding hydrogens is 340 g/mol. The lowest BCUT2D eigenvalue weighted by Crippen LogP contribution is -2.16. The van der Waals surface area contributed by atoms with E-state index >= 15 is 0 Å². The Balaban J connectivity index is 1.88. The summed E-state index contributed by atoms with van der Waals surface area (Å²) in [7, 11) is 1.59. The summed E-state index contributed by atoms with van der Waals surface area (Å²) in [5.41, 5.74) is 0.893. The summed E-state index contributed by atoms with van der Waals surface area (Å²) < 4.78 is 17.4. The highest BCUT2D eigenvalue weighted by Gasteiger charge is 2.13. The Labute approximate surface area is 128 Å². The zero-order valence-electron chi connectivity index (χ0n) is 11.1. The molecule has 3 rings (SSSR count). The van der Waals surface area contributed by atoms with Crippen molar-refractivity contribution in [2.24, 2.45) is 0 Å². The Hall–Kier alpha value is -2.28. The van der Waals surface area contributed by atoms with Crippen molar-refractivity contribution in [3.05, 3.63) is 57.2 Å². The van der Waals surface area contributed by atoms with Crippen LogP contribution in [0.2, 0.25) is 0 Å².